The van der Waals surface area contributed by atoms with Crippen LogP contribution in [0.4, 0.5) is 0 Å². The van der Waals surface area contributed by atoms with Gasteiger partial charge >= 0.3 is 0 Å². The van der Waals surface area contributed by atoms with Crippen molar-refractivity contribution in [3.8, 4) is 0 Å². The molecule has 3 rings (SSSR count). The maximum absolute atomic E-state index is 12.3. The summed E-state index contributed by atoms with van der Waals surface area (Å²) in [6.07, 6.45) is -1.35. The molecule has 2 saturated heterocycles. The molecular formula is C15H23N3O5S2. The standard InChI is InChI=1S/C15H23N3O5S2/c1-11(19)18-5-3-17(4-6-18)8-14-15(20)13(9-23-14)16-25(21,22)12-2-7-24-10-12/h2,7,10,13-16,20H,3-6,8-9H2,1H3. The molecule has 2 fully saturated rings. The molecule has 0 spiro atoms. The minimum absolute atomic E-state index is 0.0692. The lowest BCUT2D eigenvalue weighted by molar-refractivity contribution is -0.130. The van der Waals surface area contributed by atoms with Crippen LogP contribution in [0, 0.1) is 0 Å². The average Bonchev–Trinajstić information content (AvgIpc) is 3.21. The van der Waals surface area contributed by atoms with E-state index in [1.165, 1.54) is 17.4 Å². The summed E-state index contributed by atoms with van der Waals surface area (Å²) in [5.74, 6) is 0.0692. The predicted molar refractivity (Wildman–Crippen MR) is 92.9 cm³/mol. The Morgan fingerprint density at radius 3 is 2.72 bits per heavy atom. The number of nitrogens with zero attached hydrogens (tertiary/aromatic N) is 2. The van der Waals surface area contributed by atoms with Crippen LogP contribution in [0.3, 0.4) is 0 Å². The lowest BCUT2D eigenvalue weighted by Gasteiger charge is -2.35. The fourth-order valence-corrected chi connectivity index (χ4v) is 5.39. The minimum atomic E-state index is -3.64. The number of amides is 1. The summed E-state index contributed by atoms with van der Waals surface area (Å²) >= 11 is 1.30. The molecular weight excluding hydrogens is 366 g/mol. The number of aliphatic hydroxyl groups excluding tert-OH is 1. The van der Waals surface area contributed by atoms with Crippen LogP contribution < -0.4 is 4.72 Å². The Morgan fingerprint density at radius 2 is 2.12 bits per heavy atom. The Kier molecular flexibility index (Phi) is 5.76. The van der Waals surface area contributed by atoms with E-state index in [2.05, 4.69) is 9.62 Å². The van der Waals surface area contributed by atoms with Crippen molar-refractivity contribution >= 4 is 27.3 Å². The molecule has 0 bridgehead atoms. The Morgan fingerprint density at radius 1 is 1.40 bits per heavy atom. The molecule has 140 valence electrons. The minimum Gasteiger partial charge on any atom is -0.389 e. The van der Waals surface area contributed by atoms with Crippen molar-refractivity contribution in [2.75, 3.05) is 39.3 Å². The largest absolute Gasteiger partial charge is 0.389 e. The van der Waals surface area contributed by atoms with Crippen molar-refractivity contribution in [2.45, 2.75) is 30.1 Å². The normalized spacial score (nSPS) is 28.4. The molecule has 2 aliphatic rings. The zero-order valence-corrected chi connectivity index (χ0v) is 15.6. The Labute approximate surface area is 151 Å². The molecule has 3 atom stereocenters. The molecule has 10 heteroatoms. The van der Waals surface area contributed by atoms with Crippen molar-refractivity contribution in [1.29, 1.82) is 0 Å². The van der Waals surface area contributed by atoms with Crippen LogP contribution in [0.2, 0.25) is 0 Å². The first-order chi connectivity index (χ1) is 11.9. The van der Waals surface area contributed by atoms with Gasteiger partial charge < -0.3 is 14.7 Å². The molecule has 25 heavy (non-hydrogen) atoms. The van der Waals surface area contributed by atoms with Gasteiger partial charge in [-0.1, -0.05) is 0 Å². The van der Waals surface area contributed by atoms with Crippen LogP contribution >= 0.6 is 11.3 Å². The van der Waals surface area contributed by atoms with Gasteiger partial charge in [0.1, 0.15) is 0 Å². The van der Waals surface area contributed by atoms with Gasteiger partial charge in [-0.3, -0.25) is 9.69 Å². The highest BCUT2D eigenvalue weighted by Crippen LogP contribution is 2.20. The number of sulfonamides is 1. The highest BCUT2D eigenvalue weighted by molar-refractivity contribution is 7.89. The van der Waals surface area contributed by atoms with E-state index in [1.807, 2.05) is 0 Å². The molecule has 0 aromatic carbocycles. The van der Waals surface area contributed by atoms with Crippen molar-refractivity contribution in [1.82, 2.24) is 14.5 Å². The first-order valence-corrected chi connectivity index (χ1v) is 10.6. The van der Waals surface area contributed by atoms with E-state index in [0.29, 0.717) is 19.6 Å². The monoisotopic (exact) mass is 389 g/mol. The van der Waals surface area contributed by atoms with Gasteiger partial charge in [-0.05, 0) is 11.4 Å². The topological polar surface area (TPSA) is 99.2 Å². The Balaban J connectivity index is 1.52. The van der Waals surface area contributed by atoms with Gasteiger partial charge in [0.05, 0.1) is 29.8 Å². The Bertz CT molecular complexity index is 686. The fourth-order valence-electron chi connectivity index (χ4n) is 3.12. The van der Waals surface area contributed by atoms with Crippen LogP contribution in [0.25, 0.3) is 0 Å². The summed E-state index contributed by atoms with van der Waals surface area (Å²) in [5.41, 5.74) is 0. The second-order valence-corrected chi connectivity index (χ2v) is 8.85. The Hall–Kier alpha value is -1.04. The molecule has 3 heterocycles. The van der Waals surface area contributed by atoms with Crippen molar-refractivity contribution < 1.29 is 23.1 Å². The number of hydrogen-bond acceptors (Lipinski definition) is 7. The smallest absolute Gasteiger partial charge is 0.241 e. The number of carbonyl (C=O) groups is 1. The van der Waals surface area contributed by atoms with E-state index >= 15 is 0 Å². The highest BCUT2D eigenvalue weighted by Gasteiger charge is 2.39. The number of thiophene rings is 1. The lowest BCUT2D eigenvalue weighted by atomic mass is 10.1. The molecule has 8 nitrogen and oxygen atoms in total. The molecule has 3 unspecified atom stereocenters. The van der Waals surface area contributed by atoms with Crippen LogP contribution in [0.15, 0.2) is 21.7 Å². The first kappa shape index (κ1) is 18.7. The zero-order valence-electron chi connectivity index (χ0n) is 14.0. The molecule has 2 aliphatic heterocycles. The summed E-state index contributed by atoms with van der Waals surface area (Å²) in [6.45, 7) is 4.98. The maximum atomic E-state index is 12.3. The SMILES string of the molecule is CC(=O)N1CCN(CC2OCC(NS(=O)(=O)c3ccsc3)C2O)CC1. The van der Waals surface area contributed by atoms with Crippen LogP contribution in [0.1, 0.15) is 6.92 Å². The molecule has 2 N–H and O–H groups in total. The molecule has 1 amide bonds. The van der Waals surface area contributed by atoms with Gasteiger partial charge in [0, 0.05) is 45.0 Å². The van der Waals surface area contributed by atoms with Gasteiger partial charge in [-0.25, -0.2) is 13.1 Å². The van der Waals surface area contributed by atoms with E-state index in [4.69, 9.17) is 4.74 Å². The number of piperazine rings is 1. The summed E-state index contributed by atoms with van der Waals surface area (Å²) in [6, 6.07) is 0.870. The van der Waals surface area contributed by atoms with Gasteiger partial charge in [-0.15, -0.1) is 0 Å². The van der Waals surface area contributed by atoms with Crippen LogP contribution in [-0.2, 0) is 19.6 Å². The third kappa shape index (κ3) is 4.39. The van der Waals surface area contributed by atoms with Gasteiger partial charge in [0.15, 0.2) is 0 Å². The van der Waals surface area contributed by atoms with Crippen LogP contribution in [-0.4, -0.2) is 86.8 Å². The second-order valence-electron chi connectivity index (χ2n) is 6.36. The fraction of sp³-hybridized carbons (Fsp3) is 0.667. The number of ether oxygens (including phenoxy) is 1. The molecule has 0 radical (unpaired) electrons. The molecule has 1 aromatic rings. The van der Waals surface area contributed by atoms with E-state index < -0.39 is 28.3 Å². The summed E-state index contributed by atoms with van der Waals surface area (Å²) in [4.78, 5) is 15.5. The highest BCUT2D eigenvalue weighted by atomic mass is 32.2. The molecule has 0 aliphatic carbocycles. The maximum Gasteiger partial charge on any atom is 0.241 e. The first-order valence-electron chi connectivity index (χ1n) is 8.19. The van der Waals surface area contributed by atoms with E-state index in [0.717, 1.165) is 13.1 Å². The van der Waals surface area contributed by atoms with Gasteiger partial charge in [0.2, 0.25) is 15.9 Å². The van der Waals surface area contributed by atoms with E-state index in [1.54, 1.807) is 22.6 Å². The summed E-state index contributed by atoms with van der Waals surface area (Å²) in [7, 11) is -3.64. The number of carbonyl (C=O) groups excluding carboxylic acids is 1. The number of nitrogens with one attached hydrogen (secondary N) is 1. The lowest BCUT2D eigenvalue weighted by Crippen LogP contribution is -2.52. The second kappa shape index (κ2) is 7.68. The van der Waals surface area contributed by atoms with E-state index in [9.17, 15) is 18.3 Å². The van der Waals surface area contributed by atoms with E-state index in [-0.39, 0.29) is 17.4 Å². The van der Waals surface area contributed by atoms with Gasteiger partial charge in [0.25, 0.3) is 0 Å². The van der Waals surface area contributed by atoms with Crippen molar-refractivity contribution in [2.24, 2.45) is 0 Å². The predicted octanol–water partition coefficient (Wildman–Crippen LogP) is -0.681. The average molecular weight is 389 g/mol. The van der Waals surface area contributed by atoms with Crippen molar-refractivity contribution in [3.05, 3.63) is 16.8 Å². The van der Waals surface area contributed by atoms with Crippen molar-refractivity contribution in [3.63, 3.8) is 0 Å². The van der Waals surface area contributed by atoms with Gasteiger partial charge in [-0.2, -0.15) is 11.3 Å². The third-order valence-corrected chi connectivity index (χ3v) is 6.97. The quantitative estimate of drug-likeness (QED) is 0.692. The number of hydrogen-bond donors (Lipinski definition) is 2. The number of aliphatic hydroxyl groups is 1. The summed E-state index contributed by atoms with van der Waals surface area (Å²) < 4.78 is 32.7. The number of rotatable bonds is 5. The molecule has 1 aromatic heterocycles. The zero-order chi connectivity index (χ0) is 18.0. The third-order valence-electron chi connectivity index (χ3n) is 4.65. The van der Waals surface area contributed by atoms with Crippen LogP contribution in [0.5, 0.6) is 0 Å². The summed E-state index contributed by atoms with van der Waals surface area (Å²) in [5, 5.41) is 13.7. The molecule has 0 saturated carbocycles.